The molecule has 1 fully saturated rings. The maximum Gasteiger partial charge on any atom is 0.253 e. The third-order valence-corrected chi connectivity index (χ3v) is 6.43. The molecule has 1 N–H and O–H groups in total. The van der Waals surface area contributed by atoms with Gasteiger partial charge in [-0.3, -0.25) is 9.59 Å². The zero-order valence-corrected chi connectivity index (χ0v) is 18.7. The summed E-state index contributed by atoms with van der Waals surface area (Å²) in [6.45, 7) is 1.75. The van der Waals surface area contributed by atoms with Crippen LogP contribution >= 0.6 is 0 Å². The van der Waals surface area contributed by atoms with E-state index in [-0.39, 0.29) is 17.6 Å². The maximum absolute atomic E-state index is 13.1. The number of carbonyl (C=O) groups is 2. The molecule has 172 valence electrons. The van der Waals surface area contributed by atoms with Crippen LogP contribution in [-0.4, -0.2) is 39.2 Å². The van der Waals surface area contributed by atoms with Crippen LogP contribution in [0.2, 0.25) is 0 Å². The minimum Gasteiger partial charge on any atom is -0.348 e. The molecule has 0 unspecified atom stereocenters. The largest absolute Gasteiger partial charge is 0.348 e. The monoisotopic (exact) mass is 456 g/mol. The Labute approximate surface area is 197 Å². The van der Waals surface area contributed by atoms with Crippen molar-refractivity contribution in [3.63, 3.8) is 0 Å². The quantitative estimate of drug-likeness (QED) is 0.483. The molecule has 6 nitrogen and oxygen atoms in total. The molecule has 0 aliphatic carbocycles. The van der Waals surface area contributed by atoms with Crippen LogP contribution in [0.15, 0.2) is 79.3 Å². The number of hydrogen-bond donors (Lipinski definition) is 1. The van der Waals surface area contributed by atoms with Gasteiger partial charge in [0.2, 0.25) is 0 Å². The van der Waals surface area contributed by atoms with E-state index in [1.807, 2.05) is 58.1 Å². The number of pyridine rings is 1. The van der Waals surface area contributed by atoms with Crippen LogP contribution < -0.4 is 5.32 Å². The van der Waals surface area contributed by atoms with Crippen molar-refractivity contribution in [3.05, 3.63) is 107 Å². The zero-order valence-electron chi connectivity index (χ0n) is 18.7. The zero-order chi connectivity index (χ0) is 23.5. The minimum atomic E-state index is -0.344. The lowest BCUT2D eigenvalue weighted by molar-refractivity contribution is 0.0712. The summed E-state index contributed by atoms with van der Waals surface area (Å²) in [6.07, 6.45) is 7.26. The van der Waals surface area contributed by atoms with Gasteiger partial charge < -0.3 is 14.6 Å². The summed E-state index contributed by atoms with van der Waals surface area (Å²) in [5, 5.41) is 2.96. The predicted molar refractivity (Wildman–Crippen MR) is 127 cm³/mol. The van der Waals surface area contributed by atoms with Crippen LogP contribution in [0.1, 0.15) is 50.6 Å². The van der Waals surface area contributed by atoms with Gasteiger partial charge >= 0.3 is 0 Å². The van der Waals surface area contributed by atoms with Gasteiger partial charge in [0.05, 0.1) is 0 Å². The Kier molecular flexibility index (Phi) is 6.08. The third-order valence-electron chi connectivity index (χ3n) is 6.43. The molecule has 0 saturated carbocycles. The molecule has 34 heavy (non-hydrogen) atoms. The molecule has 0 spiro atoms. The molecule has 4 aromatic rings. The number of nitrogens with zero attached hydrogens (tertiary/aromatic N) is 3. The predicted octanol–water partition coefficient (Wildman–Crippen LogP) is 4.42. The van der Waals surface area contributed by atoms with Crippen LogP contribution in [0.3, 0.4) is 0 Å². The second-order valence-corrected chi connectivity index (χ2v) is 8.61. The molecule has 1 aliphatic rings. The number of carbonyl (C=O) groups excluding carboxylic acids is 2. The number of amides is 2. The summed E-state index contributed by atoms with van der Waals surface area (Å²) in [6, 6.07) is 17.3. The van der Waals surface area contributed by atoms with Crippen LogP contribution in [0.25, 0.3) is 5.65 Å². The van der Waals surface area contributed by atoms with Crippen molar-refractivity contribution >= 4 is 17.5 Å². The van der Waals surface area contributed by atoms with E-state index in [0.717, 1.165) is 24.1 Å². The van der Waals surface area contributed by atoms with Crippen molar-refractivity contribution in [2.45, 2.75) is 25.3 Å². The third kappa shape index (κ3) is 4.69. The molecular formula is C27H25FN4O2. The second kappa shape index (κ2) is 9.47. The molecule has 2 aromatic carbocycles. The summed E-state index contributed by atoms with van der Waals surface area (Å²) in [5.41, 5.74) is 4.15. The standard InChI is InChI=1S/C27H25FN4O2/c28-24-7-5-23(6-8-24)27(34)32-14-10-21(11-15-32)20-1-3-22(4-2-20)26(33)30-18-19-9-13-31-16-12-29-25(31)17-19/h1-9,12-13,16-17,21H,10-11,14-15,18H2,(H,30,33). The van der Waals surface area contributed by atoms with E-state index < -0.39 is 0 Å². The molecule has 2 aromatic heterocycles. The highest BCUT2D eigenvalue weighted by atomic mass is 19.1. The summed E-state index contributed by atoms with van der Waals surface area (Å²) in [7, 11) is 0. The van der Waals surface area contributed by atoms with Gasteiger partial charge in [0.25, 0.3) is 11.8 Å². The first-order valence-electron chi connectivity index (χ1n) is 11.4. The highest BCUT2D eigenvalue weighted by Gasteiger charge is 2.24. The maximum atomic E-state index is 13.1. The van der Waals surface area contributed by atoms with Crippen LogP contribution in [0, 0.1) is 5.82 Å². The van der Waals surface area contributed by atoms with E-state index >= 15 is 0 Å². The minimum absolute atomic E-state index is 0.0580. The fourth-order valence-electron chi connectivity index (χ4n) is 4.44. The number of imidazole rings is 1. The Hall–Kier alpha value is -4.00. The topological polar surface area (TPSA) is 66.7 Å². The number of aromatic nitrogens is 2. The molecule has 3 heterocycles. The van der Waals surface area contributed by atoms with Crippen molar-refractivity contribution < 1.29 is 14.0 Å². The van der Waals surface area contributed by atoms with Gasteiger partial charge in [-0.2, -0.15) is 0 Å². The number of fused-ring (bicyclic) bond motifs is 1. The average molecular weight is 457 g/mol. The Balaban J connectivity index is 1.14. The molecule has 0 radical (unpaired) electrons. The number of nitrogens with one attached hydrogen (secondary N) is 1. The van der Waals surface area contributed by atoms with Gasteiger partial charge in [-0.1, -0.05) is 12.1 Å². The molecule has 5 rings (SSSR count). The summed E-state index contributed by atoms with van der Waals surface area (Å²) in [5.74, 6) is -0.175. The van der Waals surface area contributed by atoms with Gasteiger partial charge in [-0.05, 0) is 78.4 Å². The lowest BCUT2D eigenvalue weighted by atomic mass is 9.88. The molecule has 1 saturated heterocycles. The first-order valence-corrected chi connectivity index (χ1v) is 11.4. The van der Waals surface area contributed by atoms with E-state index in [1.165, 1.54) is 29.8 Å². The summed E-state index contributed by atoms with van der Waals surface area (Å²) < 4.78 is 15.0. The molecule has 1 aliphatic heterocycles. The first kappa shape index (κ1) is 21.8. The van der Waals surface area contributed by atoms with Crippen LogP contribution in [0.5, 0.6) is 0 Å². The lowest BCUT2D eigenvalue weighted by Crippen LogP contribution is -2.37. The fourth-order valence-corrected chi connectivity index (χ4v) is 4.44. The number of benzene rings is 2. The number of halogens is 1. The first-order chi connectivity index (χ1) is 16.6. The molecular weight excluding hydrogens is 431 g/mol. The Morgan fingerprint density at radius 3 is 2.38 bits per heavy atom. The van der Waals surface area contributed by atoms with Gasteiger partial charge in [-0.25, -0.2) is 9.37 Å². The fraction of sp³-hybridized carbons (Fsp3) is 0.222. The SMILES string of the molecule is O=C(NCc1ccn2ccnc2c1)c1ccc(C2CCN(C(=O)c3ccc(F)cc3)CC2)cc1. The summed E-state index contributed by atoms with van der Waals surface area (Å²) >= 11 is 0. The number of likely N-dealkylation sites (tertiary alicyclic amines) is 1. The highest BCUT2D eigenvalue weighted by Crippen LogP contribution is 2.29. The number of hydrogen-bond acceptors (Lipinski definition) is 3. The van der Waals surface area contributed by atoms with Crippen molar-refractivity contribution in [2.75, 3.05) is 13.1 Å². The van der Waals surface area contributed by atoms with Gasteiger partial charge in [-0.15, -0.1) is 0 Å². The van der Waals surface area contributed by atoms with Crippen molar-refractivity contribution in [3.8, 4) is 0 Å². The molecule has 7 heteroatoms. The summed E-state index contributed by atoms with van der Waals surface area (Å²) in [4.78, 5) is 31.3. The van der Waals surface area contributed by atoms with Crippen molar-refractivity contribution in [1.29, 1.82) is 0 Å². The van der Waals surface area contributed by atoms with E-state index in [9.17, 15) is 14.0 Å². The van der Waals surface area contributed by atoms with E-state index in [1.54, 1.807) is 6.20 Å². The normalized spacial score (nSPS) is 14.3. The van der Waals surface area contributed by atoms with Crippen molar-refractivity contribution in [2.24, 2.45) is 0 Å². The number of piperidine rings is 1. The second-order valence-electron chi connectivity index (χ2n) is 8.61. The van der Waals surface area contributed by atoms with Gasteiger partial charge in [0, 0.05) is 49.4 Å². The Morgan fingerprint density at radius 2 is 1.65 bits per heavy atom. The smallest absolute Gasteiger partial charge is 0.253 e. The van der Waals surface area contributed by atoms with E-state index in [0.29, 0.717) is 36.7 Å². The highest BCUT2D eigenvalue weighted by molar-refractivity contribution is 5.94. The molecule has 0 atom stereocenters. The number of rotatable bonds is 5. The van der Waals surface area contributed by atoms with Gasteiger partial charge in [0.1, 0.15) is 11.5 Å². The van der Waals surface area contributed by atoms with E-state index in [2.05, 4.69) is 10.3 Å². The Morgan fingerprint density at radius 1 is 0.941 bits per heavy atom. The van der Waals surface area contributed by atoms with Crippen molar-refractivity contribution in [1.82, 2.24) is 19.6 Å². The van der Waals surface area contributed by atoms with Crippen LogP contribution in [0.4, 0.5) is 4.39 Å². The lowest BCUT2D eigenvalue weighted by Gasteiger charge is -2.32. The molecule has 2 amide bonds. The van der Waals surface area contributed by atoms with Gasteiger partial charge in [0.15, 0.2) is 0 Å². The average Bonchev–Trinajstić information content (AvgIpc) is 3.35. The van der Waals surface area contributed by atoms with Crippen LogP contribution in [-0.2, 0) is 6.54 Å². The van der Waals surface area contributed by atoms with E-state index in [4.69, 9.17) is 0 Å². The molecule has 0 bridgehead atoms. The Bertz CT molecular complexity index is 1310.